The van der Waals surface area contributed by atoms with E-state index < -0.39 is 23.3 Å². The summed E-state index contributed by atoms with van der Waals surface area (Å²) < 4.78 is 33.1. The van der Waals surface area contributed by atoms with Gasteiger partial charge in [-0.3, -0.25) is 0 Å². The first-order valence-electron chi connectivity index (χ1n) is 6.95. The third-order valence-corrected chi connectivity index (χ3v) is 4.50. The van der Waals surface area contributed by atoms with E-state index in [0.29, 0.717) is 4.90 Å². The summed E-state index contributed by atoms with van der Waals surface area (Å²) in [5, 5.41) is -0.145. The highest BCUT2D eigenvalue weighted by atomic mass is 35.5. The number of ether oxygens (including phenoxy) is 1. The van der Waals surface area contributed by atoms with E-state index in [0.717, 1.165) is 13.2 Å². The van der Waals surface area contributed by atoms with Crippen molar-refractivity contribution in [2.45, 2.75) is 24.0 Å². The van der Waals surface area contributed by atoms with Gasteiger partial charge < -0.3 is 10.5 Å². The van der Waals surface area contributed by atoms with E-state index in [4.69, 9.17) is 17.3 Å². The van der Waals surface area contributed by atoms with Gasteiger partial charge in [-0.1, -0.05) is 31.5 Å². The van der Waals surface area contributed by atoms with Gasteiger partial charge >= 0.3 is 5.97 Å². The Kier molecular flexibility index (Phi) is 5.66. The molecule has 2 N–H and O–H groups in total. The van der Waals surface area contributed by atoms with Crippen molar-refractivity contribution >= 4 is 35.0 Å². The summed E-state index contributed by atoms with van der Waals surface area (Å²) >= 11 is 7.18. The smallest absolute Gasteiger partial charge is 0.358 e. The SMILES string of the molecule is COC(=O)c1nc(-c2ccc(SC(C)C)c(F)c2)c(F)c(N)c1Cl. The van der Waals surface area contributed by atoms with Gasteiger partial charge in [-0.2, -0.15) is 0 Å². The van der Waals surface area contributed by atoms with Crippen LogP contribution >= 0.6 is 23.4 Å². The number of carbonyl (C=O) groups is 1. The maximum absolute atomic E-state index is 14.4. The van der Waals surface area contributed by atoms with Crippen LogP contribution in [0.5, 0.6) is 0 Å². The van der Waals surface area contributed by atoms with Gasteiger partial charge in [0.2, 0.25) is 0 Å². The van der Waals surface area contributed by atoms with E-state index in [-0.39, 0.29) is 27.2 Å². The molecule has 2 rings (SSSR count). The number of aromatic nitrogens is 1. The number of nitrogen functional groups attached to an aromatic ring is 1. The van der Waals surface area contributed by atoms with Crippen molar-refractivity contribution in [1.29, 1.82) is 0 Å². The number of anilines is 1. The van der Waals surface area contributed by atoms with Crippen molar-refractivity contribution < 1.29 is 18.3 Å². The lowest BCUT2D eigenvalue weighted by Gasteiger charge is -2.12. The number of halogens is 3. The van der Waals surface area contributed by atoms with Crippen LogP contribution in [0.4, 0.5) is 14.5 Å². The van der Waals surface area contributed by atoms with E-state index in [1.54, 1.807) is 0 Å². The molecular formula is C16H15ClF2N2O2S. The Balaban J connectivity index is 2.58. The molecule has 0 saturated heterocycles. The molecule has 1 aromatic carbocycles. The molecule has 0 fully saturated rings. The van der Waals surface area contributed by atoms with Gasteiger partial charge in [-0.05, 0) is 12.1 Å². The molecule has 128 valence electrons. The van der Waals surface area contributed by atoms with E-state index in [9.17, 15) is 13.6 Å². The summed E-state index contributed by atoms with van der Waals surface area (Å²) in [6, 6.07) is 4.18. The third-order valence-electron chi connectivity index (χ3n) is 3.06. The Hall–Kier alpha value is -1.86. The van der Waals surface area contributed by atoms with Gasteiger partial charge in [0, 0.05) is 15.7 Å². The molecule has 1 aromatic heterocycles. The minimum atomic E-state index is -0.920. The number of nitrogens with two attached hydrogens (primary N) is 1. The molecule has 0 radical (unpaired) electrons. The van der Waals surface area contributed by atoms with Crippen LogP contribution in [0.15, 0.2) is 23.1 Å². The summed E-state index contributed by atoms with van der Waals surface area (Å²) in [6.45, 7) is 3.86. The Bertz CT molecular complexity index is 800. The lowest BCUT2D eigenvalue weighted by atomic mass is 10.1. The zero-order valence-corrected chi connectivity index (χ0v) is 14.8. The fourth-order valence-corrected chi connectivity index (χ4v) is 3.01. The van der Waals surface area contributed by atoms with Crippen LogP contribution in [-0.2, 0) is 4.74 Å². The Morgan fingerprint density at radius 2 is 2.04 bits per heavy atom. The molecule has 0 saturated carbocycles. The van der Waals surface area contributed by atoms with Crippen LogP contribution in [0.2, 0.25) is 5.02 Å². The van der Waals surface area contributed by atoms with Crippen LogP contribution in [0, 0.1) is 11.6 Å². The predicted octanol–water partition coefficient (Wildman–Crippen LogP) is 4.55. The highest BCUT2D eigenvalue weighted by Gasteiger charge is 2.23. The maximum Gasteiger partial charge on any atom is 0.358 e. The highest BCUT2D eigenvalue weighted by Crippen LogP contribution is 2.34. The molecule has 8 heteroatoms. The van der Waals surface area contributed by atoms with Crippen molar-refractivity contribution in [2.75, 3.05) is 12.8 Å². The first kappa shape index (κ1) is 18.5. The fourth-order valence-electron chi connectivity index (χ4n) is 1.98. The Morgan fingerprint density at radius 3 is 2.58 bits per heavy atom. The van der Waals surface area contributed by atoms with E-state index in [1.165, 1.54) is 23.9 Å². The second-order valence-corrected chi connectivity index (χ2v) is 7.15. The van der Waals surface area contributed by atoms with E-state index >= 15 is 0 Å². The molecule has 1 heterocycles. The minimum Gasteiger partial charge on any atom is -0.464 e. The fraction of sp³-hybridized carbons (Fsp3) is 0.250. The quantitative estimate of drug-likeness (QED) is 0.630. The van der Waals surface area contributed by atoms with Gasteiger partial charge in [-0.25, -0.2) is 18.6 Å². The summed E-state index contributed by atoms with van der Waals surface area (Å²) in [5.41, 5.74) is 4.71. The van der Waals surface area contributed by atoms with Gasteiger partial charge in [-0.15, -0.1) is 11.8 Å². The second kappa shape index (κ2) is 7.36. The minimum absolute atomic E-state index is 0.145. The first-order valence-corrected chi connectivity index (χ1v) is 8.21. The van der Waals surface area contributed by atoms with Crippen molar-refractivity contribution in [3.63, 3.8) is 0 Å². The number of esters is 1. The molecule has 0 aliphatic heterocycles. The van der Waals surface area contributed by atoms with Gasteiger partial charge in [0.05, 0.1) is 17.8 Å². The normalized spacial score (nSPS) is 11.0. The standard InChI is InChI=1S/C16H15ClF2N2O2S/c1-7(2)24-10-5-4-8(6-9(10)18)14-12(19)13(20)11(17)15(21-14)16(22)23-3/h4-7H,1-3H3,(H2,20,21). The Labute approximate surface area is 147 Å². The van der Waals surface area contributed by atoms with Gasteiger partial charge in [0.1, 0.15) is 11.5 Å². The van der Waals surface area contributed by atoms with Crippen molar-refractivity contribution in [2.24, 2.45) is 0 Å². The average molecular weight is 373 g/mol. The van der Waals surface area contributed by atoms with Crippen LogP contribution < -0.4 is 5.73 Å². The number of thioether (sulfide) groups is 1. The summed E-state index contributed by atoms with van der Waals surface area (Å²) in [4.78, 5) is 16.0. The van der Waals surface area contributed by atoms with Crippen molar-refractivity contribution in [3.8, 4) is 11.3 Å². The number of methoxy groups -OCH3 is 1. The number of pyridine rings is 1. The van der Waals surface area contributed by atoms with Crippen molar-refractivity contribution in [3.05, 3.63) is 40.6 Å². The van der Waals surface area contributed by atoms with Crippen LogP contribution in [0.25, 0.3) is 11.3 Å². The number of hydrogen-bond donors (Lipinski definition) is 1. The van der Waals surface area contributed by atoms with Crippen LogP contribution in [-0.4, -0.2) is 23.3 Å². The zero-order valence-electron chi connectivity index (χ0n) is 13.2. The molecule has 0 bridgehead atoms. The van der Waals surface area contributed by atoms with Crippen LogP contribution in [0.3, 0.4) is 0 Å². The lowest BCUT2D eigenvalue weighted by Crippen LogP contribution is -2.10. The van der Waals surface area contributed by atoms with Gasteiger partial charge in [0.15, 0.2) is 11.5 Å². The topological polar surface area (TPSA) is 65.2 Å². The zero-order chi connectivity index (χ0) is 18.0. The summed E-state index contributed by atoms with van der Waals surface area (Å²) in [5.74, 6) is -2.29. The van der Waals surface area contributed by atoms with E-state index in [1.807, 2.05) is 13.8 Å². The molecule has 2 aromatic rings. The van der Waals surface area contributed by atoms with Crippen LogP contribution in [0.1, 0.15) is 24.3 Å². The molecule has 0 spiro atoms. The molecule has 24 heavy (non-hydrogen) atoms. The molecule has 0 atom stereocenters. The maximum atomic E-state index is 14.4. The number of benzene rings is 1. The molecule has 4 nitrogen and oxygen atoms in total. The predicted molar refractivity (Wildman–Crippen MR) is 91.3 cm³/mol. The lowest BCUT2D eigenvalue weighted by molar-refractivity contribution is 0.0594. The third kappa shape index (κ3) is 3.62. The molecule has 0 unspecified atom stereocenters. The molecular weight excluding hydrogens is 358 g/mol. The van der Waals surface area contributed by atoms with Crippen molar-refractivity contribution in [1.82, 2.24) is 4.98 Å². The average Bonchev–Trinajstić information content (AvgIpc) is 2.54. The summed E-state index contributed by atoms with van der Waals surface area (Å²) in [7, 11) is 1.14. The largest absolute Gasteiger partial charge is 0.464 e. The number of carbonyl (C=O) groups excluding carboxylic acids is 1. The molecule has 0 aliphatic rings. The highest BCUT2D eigenvalue weighted by molar-refractivity contribution is 7.99. The van der Waals surface area contributed by atoms with E-state index in [2.05, 4.69) is 9.72 Å². The second-order valence-electron chi connectivity index (χ2n) is 5.15. The molecule has 0 amide bonds. The molecule has 0 aliphatic carbocycles. The number of nitrogens with zero attached hydrogens (tertiary/aromatic N) is 1. The first-order chi connectivity index (χ1) is 11.3. The number of hydrogen-bond acceptors (Lipinski definition) is 5. The monoisotopic (exact) mass is 372 g/mol. The Morgan fingerprint density at radius 1 is 1.38 bits per heavy atom. The number of rotatable bonds is 4. The summed E-state index contributed by atoms with van der Waals surface area (Å²) in [6.07, 6.45) is 0. The van der Waals surface area contributed by atoms with Gasteiger partial charge in [0.25, 0.3) is 0 Å².